The first-order valence-electron chi connectivity index (χ1n) is 24.6. The Balaban J connectivity index is 4.52. The third-order valence-electron chi connectivity index (χ3n) is 10.3. The van der Waals surface area contributed by atoms with Crippen LogP contribution in [0.25, 0.3) is 0 Å². The quantitative estimate of drug-likeness (QED) is 0.0244. The van der Waals surface area contributed by atoms with E-state index < -0.39 is 20.0 Å². The van der Waals surface area contributed by atoms with Crippen molar-refractivity contribution in [2.24, 2.45) is 0 Å². The number of phosphoric ester groups is 1. The number of aliphatic hydroxyl groups excluding tert-OH is 1. The van der Waals surface area contributed by atoms with Gasteiger partial charge >= 0.3 is 7.82 Å². The second-order valence-electron chi connectivity index (χ2n) is 17.4. The molecule has 0 radical (unpaired) electrons. The van der Waals surface area contributed by atoms with Gasteiger partial charge in [0, 0.05) is 6.42 Å². The van der Waals surface area contributed by atoms with Crippen molar-refractivity contribution in [2.45, 2.75) is 193 Å². The highest BCUT2D eigenvalue weighted by Crippen LogP contribution is 2.43. The minimum Gasteiger partial charge on any atom is -0.387 e. The zero-order chi connectivity index (χ0) is 45.7. The zero-order valence-corrected chi connectivity index (χ0v) is 41.2. The lowest BCUT2D eigenvalue weighted by Crippen LogP contribution is -2.45. The van der Waals surface area contributed by atoms with Gasteiger partial charge in [-0.25, -0.2) is 4.57 Å². The highest BCUT2D eigenvalue weighted by Gasteiger charge is 2.27. The summed E-state index contributed by atoms with van der Waals surface area (Å²) < 4.78 is 23.6. The van der Waals surface area contributed by atoms with Crippen molar-refractivity contribution in [2.75, 3.05) is 40.9 Å². The first kappa shape index (κ1) is 59.4. The van der Waals surface area contributed by atoms with Gasteiger partial charge in [0.2, 0.25) is 5.91 Å². The molecule has 1 amide bonds. The van der Waals surface area contributed by atoms with Crippen molar-refractivity contribution >= 4 is 13.7 Å². The molecule has 0 saturated carbocycles. The lowest BCUT2D eigenvalue weighted by Gasteiger charge is -2.25. The van der Waals surface area contributed by atoms with E-state index in [2.05, 4.69) is 104 Å². The van der Waals surface area contributed by atoms with E-state index >= 15 is 0 Å². The van der Waals surface area contributed by atoms with Gasteiger partial charge in [-0.15, -0.1) is 0 Å². The van der Waals surface area contributed by atoms with Crippen LogP contribution < -0.4 is 5.32 Å². The van der Waals surface area contributed by atoms with E-state index in [1.54, 1.807) is 6.08 Å². The molecule has 0 aliphatic carbocycles. The van der Waals surface area contributed by atoms with Crippen molar-refractivity contribution in [3.8, 4) is 0 Å². The Morgan fingerprint density at radius 2 is 0.984 bits per heavy atom. The predicted molar refractivity (Wildman–Crippen MR) is 267 cm³/mol. The fourth-order valence-electron chi connectivity index (χ4n) is 6.39. The molecule has 0 aliphatic heterocycles. The number of amides is 1. The summed E-state index contributed by atoms with van der Waals surface area (Å²) in [6.45, 7) is 4.63. The highest BCUT2D eigenvalue weighted by molar-refractivity contribution is 7.47. The first-order chi connectivity index (χ1) is 30.0. The van der Waals surface area contributed by atoms with Crippen molar-refractivity contribution in [3.05, 3.63) is 97.2 Å². The number of rotatable bonds is 43. The molecule has 3 atom stereocenters. The smallest absolute Gasteiger partial charge is 0.387 e. The number of quaternary nitrogens is 1. The van der Waals surface area contributed by atoms with Gasteiger partial charge in [-0.05, 0) is 89.9 Å². The predicted octanol–water partition coefficient (Wildman–Crippen LogP) is 14.3. The zero-order valence-electron chi connectivity index (χ0n) is 40.3. The third kappa shape index (κ3) is 45.4. The van der Waals surface area contributed by atoms with Crippen LogP contribution in [-0.4, -0.2) is 73.4 Å². The number of carbonyl (C=O) groups is 1. The van der Waals surface area contributed by atoms with Gasteiger partial charge in [-0.1, -0.05) is 182 Å². The van der Waals surface area contributed by atoms with Crippen LogP contribution in [0.3, 0.4) is 0 Å². The fourth-order valence-corrected chi connectivity index (χ4v) is 7.13. The summed E-state index contributed by atoms with van der Waals surface area (Å²) in [5.74, 6) is -0.226. The molecule has 8 nitrogen and oxygen atoms in total. The normalized spacial score (nSPS) is 15.0. The Morgan fingerprint density at radius 1 is 0.565 bits per heavy atom. The molecule has 0 fully saturated rings. The van der Waals surface area contributed by atoms with Crippen LogP contribution in [0.15, 0.2) is 97.2 Å². The summed E-state index contributed by atoms with van der Waals surface area (Å²) in [4.78, 5) is 23.2. The summed E-state index contributed by atoms with van der Waals surface area (Å²) in [5.41, 5.74) is 0. The topological polar surface area (TPSA) is 105 Å². The maximum absolute atomic E-state index is 12.9. The molecule has 3 N–H and O–H groups in total. The van der Waals surface area contributed by atoms with Crippen LogP contribution in [0.1, 0.15) is 181 Å². The van der Waals surface area contributed by atoms with E-state index in [-0.39, 0.29) is 19.1 Å². The Morgan fingerprint density at radius 3 is 1.48 bits per heavy atom. The minimum atomic E-state index is -4.37. The van der Waals surface area contributed by atoms with Crippen molar-refractivity contribution in [1.29, 1.82) is 0 Å². The summed E-state index contributed by atoms with van der Waals surface area (Å²) >= 11 is 0. The number of nitrogens with one attached hydrogen (secondary N) is 1. The van der Waals surface area contributed by atoms with Crippen LogP contribution >= 0.6 is 7.82 Å². The van der Waals surface area contributed by atoms with Crippen molar-refractivity contribution in [1.82, 2.24) is 5.32 Å². The van der Waals surface area contributed by atoms with Crippen LogP contribution in [-0.2, 0) is 18.4 Å². The summed E-state index contributed by atoms with van der Waals surface area (Å²) in [5, 5.41) is 13.8. The van der Waals surface area contributed by atoms with Gasteiger partial charge in [0.05, 0.1) is 39.9 Å². The molecule has 0 rings (SSSR count). The van der Waals surface area contributed by atoms with E-state index in [0.29, 0.717) is 23.9 Å². The fraction of sp³-hybridized carbons (Fsp3) is 0.679. The summed E-state index contributed by atoms with van der Waals surface area (Å²) in [7, 11) is 1.51. The molecule has 356 valence electrons. The largest absolute Gasteiger partial charge is 0.472 e. The second kappa shape index (κ2) is 43.7. The summed E-state index contributed by atoms with van der Waals surface area (Å²) in [6, 6.07) is -0.894. The molecule has 0 aliphatic rings. The van der Waals surface area contributed by atoms with Crippen LogP contribution in [0.4, 0.5) is 0 Å². The number of unbranched alkanes of at least 4 members (excludes halogenated alkanes) is 16. The second-order valence-corrected chi connectivity index (χ2v) is 18.9. The maximum Gasteiger partial charge on any atom is 0.472 e. The van der Waals surface area contributed by atoms with Gasteiger partial charge in [0.1, 0.15) is 13.2 Å². The lowest BCUT2D eigenvalue weighted by molar-refractivity contribution is -0.870. The monoisotopic (exact) mass is 886 g/mol. The highest BCUT2D eigenvalue weighted by atomic mass is 31.2. The molecule has 0 aromatic carbocycles. The van der Waals surface area contributed by atoms with Crippen LogP contribution in [0.5, 0.6) is 0 Å². The Bertz CT molecular complexity index is 1330. The SMILES string of the molecule is CC/C=C\C/C=C\C/C=C\C/C=C\C/C=C\CCCCCC(=O)NC(COP(=O)(O)OCC[N+](C)(C)C)C(O)/C=C/CC/C=C/CC/C=C/CCCCCCCCCCCCC. The molecule has 62 heavy (non-hydrogen) atoms. The molecule has 0 heterocycles. The van der Waals surface area contributed by atoms with Gasteiger partial charge in [-0.3, -0.25) is 13.8 Å². The Kier molecular flexibility index (Phi) is 41.8. The first-order valence-corrected chi connectivity index (χ1v) is 26.1. The van der Waals surface area contributed by atoms with E-state index in [0.717, 1.165) is 77.0 Å². The van der Waals surface area contributed by atoms with Crippen molar-refractivity contribution in [3.63, 3.8) is 0 Å². The summed E-state index contributed by atoms with van der Waals surface area (Å²) in [6.07, 6.45) is 62.1. The number of phosphoric acid groups is 1. The van der Waals surface area contributed by atoms with E-state index in [4.69, 9.17) is 9.05 Å². The molecular weight excluding hydrogens is 792 g/mol. The van der Waals surface area contributed by atoms with E-state index in [1.807, 2.05) is 27.2 Å². The molecule has 3 unspecified atom stereocenters. The molecule has 0 saturated heterocycles. The van der Waals surface area contributed by atoms with Gasteiger partial charge in [-0.2, -0.15) is 0 Å². The van der Waals surface area contributed by atoms with Crippen LogP contribution in [0, 0.1) is 0 Å². The van der Waals surface area contributed by atoms with Gasteiger partial charge in [0.15, 0.2) is 0 Å². The number of carbonyl (C=O) groups excluding carboxylic acids is 1. The Labute approximate surface area is 381 Å². The molecule has 0 bridgehead atoms. The average molecular weight is 886 g/mol. The third-order valence-corrected chi connectivity index (χ3v) is 11.2. The number of hydrogen-bond acceptors (Lipinski definition) is 5. The Hall–Kier alpha value is -2.58. The maximum atomic E-state index is 12.9. The molecule has 0 aromatic heterocycles. The minimum absolute atomic E-state index is 0.0413. The molecule has 0 aromatic rings. The number of aliphatic hydroxyl groups is 1. The van der Waals surface area contributed by atoms with Crippen molar-refractivity contribution < 1.29 is 32.9 Å². The van der Waals surface area contributed by atoms with E-state index in [9.17, 15) is 19.4 Å². The number of allylic oxidation sites excluding steroid dienone is 15. The van der Waals surface area contributed by atoms with Gasteiger partial charge in [0.25, 0.3) is 0 Å². The lowest BCUT2D eigenvalue weighted by atomic mass is 10.1. The number of hydrogen-bond donors (Lipinski definition) is 3. The molecular formula is C53H94N2O6P+. The molecule has 9 heteroatoms. The number of nitrogens with zero attached hydrogens (tertiary/aromatic N) is 1. The van der Waals surface area contributed by atoms with Crippen LogP contribution in [0.2, 0.25) is 0 Å². The van der Waals surface area contributed by atoms with E-state index in [1.165, 1.54) is 77.0 Å². The standard InChI is InChI=1S/C53H93N2O6P/c1-6-8-10-12-14-16-18-20-22-24-26-27-29-30-32-34-36-38-40-42-44-46-52(56)51(50-61-62(58,59)60-49-48-55(3,4)5)54-53(57)47-45-43-41-39-37-35-33-31-28-25-23-21-19-17-15-13-11-9-7-2/h9,11,15,17,21,23,28-31,35-38,44,46,51-52,56H,6-8,10,12-14,16,18-20,22,24-27,32-34,39-43,45,47-50H2,1-5H3,(H-,54,57,58,59)/p+1/b11-9-,17-15-,23-21-,30-29+,31-28-,37-35-,38-36+,46-44+. The molecule has 0 spiro atoms. The average Bonchev–Trinajstić information content (AvgIpc) is 3.23. The number of likely N-dealkylation sites (N-methyl/N-ethyl adjacent to an activating group) is 1. The van der Waals surface area contributed by atoms with Gasteiger partial charge < -0.3 is 19.8 Å².